The number of nitrogens with one attached hydrogen (secondary N) is 1. The Morgan fingerprint density at radius 3 is 2.55 bits per heavy atom. The van der Waals surface area contributed by atoms with E-state index in [1.165, 1.54) is 16.6 Å². The van der Waals surface area contributed by atoms with E-state index in [1.807, 2.05) is 41.8 Å². The SMILES string of the molecule is Cn1cc(S(=O)(=O)N2CCCCC2)cc1C(=O)Nc1ccccc1-c1cccs1. The van der Waals surface area contributed by atoms with Gasteiger partial charge in [0.1, 0.15) is 10.6 Å². The van der Waals surface area contributed by atoms with Crippen LogP contribution in [0.3, 0.4) is 0 Å². The Balaban J connectivity index is 1.60. The van der Waals surface area contributed by atoms with Crippen molar-refractivity contribution in [3.8, 4) is 10.4 Å². The summed E-state index contributed by atoms with van der Waals surface area (Å²) in [6.45, 7) is 1.07. The van der Waals surface area contributed by atoms with Crippen LogP contribution in [0.4, 0.5) is 5.69 Å². The Hall–Kier alpha value is -2.42. The van der Waals surface area contributed by atoms with Crippen LogP contribution in [-0.4, -0.2) is 36.3 Å². The van der Waals surface area contributed by atoms with Gasteiger partial charge < -0.3 is 9.88 Å². The van der Waals surface area contributed by atoms with Gasteiger partial charge in [-0.3, -0.25) is 4.79 Å². The molecule has 1 N–H and O–H groups in total. The molecular weight excluding hydrogens is 406 g/mol. The maximum absolute atomic E-state index is 12.9. The van der Waals surface area contributed by atoms with Crippen LogP contribution in [0.1, 0.15) is 29.8 Å². The van der Waals surface area contributed by atoms with Crippen LogP contribution >= 0.6 is 11.3 Å². The number of para-hydroxylation sites is 1. The van der Waals surface area contributed by atoms with Gasteiger partial charge in [0.05, 0.1) is 0 Å². The molecule has 1 fully saturated rings. The van der Waals surface area contributed by atoms with Crippen molar-refractivity contribution in [2.75, 3.05) is 18.4 Å². The van der Waals surface area contributed by atoms with Crippen LogP contribution in [0, 0.1) is 0 Å². The Morgan fingerprint density at radius 1 is 1.07 bits per heavy atom. The molecule has 0 bridgehead atoms. The highest BCUT2D eigenvalue weighted by molar-refractivity contribution is 7.89. The Labute approximate surface area is 174 Å². The number of sulfonamides is 1. The van der Waals surface area contributed by atoms with Crippen LogP contribution in [0.15, 0.2) is 58.9 Å². The number of aryl methyl sites for hydroxylation is 1. The van der Waals surface area contributed by atoms with E-state index in [4.69, 9.17) is 0 Å². The van der Waals surface area contributed by atoms with Gasteiger partial charge in [-0.1, -0.05) is 30.7 Å². The molecule has 1 aromatic carbocycles. The monoisotopic (exact) mass is 429 g/mol. The molecule has 0 unspecified atom stereocenters. The molecule has 3 heterocycles. The molecule has 3 aromatic rings. The topological polar surface area (TPSA) is 71.4 Å². The number of aromatic nitrogens is 1. The molecule has 0 saturated carbocycles. The molecule has 4 rings (SSSR count). The van der Waals surface area contributed by atoms with E-state index in [1.54, 1.807) is 23.0 Å². The minimum absolute atomic E-state index is 0.165. The van der Waals surface area contributed by atoms with Crippen molar-refractivity contribution in [3.63, 3.8) is 0 Å². The molecule has 29 heavy (non-hydrogen) atoms. The number of thiophene rings is 1. The van der Waals surface area contributed by atoms with E-state index in [2.05, 4.69) is 5.32 Å². The summed E-state index contributed by atoms with van der Waals surface area (Å²) >= 11 is 1.60. The molecule has 2 aromatic heterocycles. The van der Waals surface area contributed by atoms with Crippen LogP contribution < -0.4 is 5.32 Å². The first kappa shape index (κ1) is 19.9. The molecule has 1 aliphatic heterocycles. The third-order valence-corrected chi connectivity index (χ3v) is 7.89. The highest BCUT2D eigenvalue weighted by Crippen LogP contribution is 2.32. The number of carbonyl (C=O) groups is 1. The van der Waals surface area contributed by atoms with Gasteiger partial charge in [0, 0.05) is 42.5 Å². The second-order valence-corrected chi connectivity index (χ2v) is 10.00. The number of carbonyl (C=O) groups excluding carboxylic acids is 1. The van der Waals surface area contributed by atoms with E-state index >= 15 is 0 Å². The average Bonchev–Trinajstić information content (AvgIpc) is 3.39. The Morgan fingerprint density at radius 2 is 1.83 bits per heavy atom. The highest BCUT2D eigenvalue weighted by atomic mass is 32.2. The average molecular weight is 430 g/mol. The molecular formula is C21H23N3O3S2. The smallest absolute Gasteiger partial charge is 0.272 e. The van der Waals surface area contributed by atoms with Crippen molar-refractivity contribution in [2.45, 2.75) is 24.2 Å². The van der Waals surface area contributed by atoms with Crippen molar-refractivity contribution >= 4 is 33.0 Å². The van der Waals surface area contributed by atoms with E-state index in [0.717, 1.165) is 29.7 Å². The van der Waals surface area contributed by atoms with E-state index in [9.17, 15) is 13.2 Å². The highest BCUT2D eigenvalue weighted by Gasteiger charge is 2.28. The number of amides is 1. The summed E-state index contributed by atoms with van der Waals surface area (Å²) in [6, 6.07) is 13.0. The van der Waals surface area contributed by atoms with Crippen LogP contribution in [0.25, 0.3) is 10.4 Å². The van der Waals surface area contributed by atoms with Crippen molar-refractivity contribution < 1.29 is 13.2 Å². The van der Waals surface area contributed by atoms with Crippen molar-refractivity contribution in [3.05, 3.63) is 59.7 Å². The van der Waals surface area contributed by atoms with Crippen LogP contribution in [-0.2, 0) is 17.1 Å². The number of hydrogen-bond acceptors (Lipinski definition) is 4. The maximum atomic E-state index is 12.9. The predicted molar refractivity (Wildman–Crippen MR) is 116 cm³/mol. The van der Waals surface area contributed by atoms with E-state index < -0.39 is 10.0 Å². The molecule has 0 radical (unpaired) electrons. The summed E-state index contributed by atoms with van der Waals surface area (Å²) in [5.74, 6) is -0.336. The van der Waals surface area contributed by atoms with E-state index in [-0.39, 0.29) is 10.8 Å². The lowest BCUT2D eigenvalue weighted by molar-refractivity contribution is 0.101. The molecule has 1 aliphatic rings. The zero-order chi connectivity index (χ0) is 20.4. The quantitative estimate of drug-likeness (QED) is 0.661. The van der Waals surface area contributed by atoms with Gasteiger partial charge in [-0.25, -0.2) is 8.42 Å². The van der Waals surface area contributed by atoms with Gasteiger partial charge in [0.25, 0.3) is 5.91 Å². The molecule has 152 valence electrons. The van der Waals surface area contributed by atoms with Crippen molar-refractivity contribution in [1.29, 1.82) is 0 Å². The zero-order valence-corrected chi connectivity index (χ0v) is 17.8. The van der Waals surface area contributed by atoms with Gasteiger partial charge in [0.2, 0.25) is 10.0 Å². The standard InChI is InChI=1S/C21H23N3O3S2/c1-23-15-16(29(26,27)24-11-5-2-6-12-24)14-19(23)21(25)22-18-9-4-3-8-17(18)20-10-7-13-28-20/h3-4,7-10,13-15H,2,5-6,11-12H2,1H3,(H,22,25). The molecule has 8 heteroatoms. The predicted octanol–water partition coefficient (Wildman–Crippen LogP) is 4.18. The largest absolute Gasteiger partial charge is 0.345 e. The van der Waals surface area contributed by atoms with Crippen LogP contribution in [0.5, 0.6) is 0 Å². The van der Waals surface area contributed by atoms with Gasteiger partial charge in [-0.15, -0.1) is 11.3 Å². The van der Waals surface area contributed by atoms with Gasteiger partial charge in [0.15, 0.2) is 0 Å². The molecule has 0 atom stereocenters. The number of hydrogen-bond donors (Lipinski definition) is 1. The lowest BCUT2D eigenvalue weighted by atomic mass is 10.1. The van der Waals surface area contributed by atoms with Crippen molar-refractivity contribution in [2.24, 2.45) is 7.05 Å². The summed E-state index contributed by atoms with van der Waals surface area (Å²) in [5.41, 5.74) is 1.94. The number of anilines is 1. The van der Waals surface area contributed by atoms with E-state index in [0.29, 0.717) is 24.5 Å². The first-order valence-corrected chi connectivity index (χ1v) is 11.9. The number of rotatable bonds is 5. The second kappa shape index (κ2) is 8.14. The molecule has 1 saturated heterocycles. The fourth-order valence-corrected chi connectivity index (χ4v) is 5.94. The minimum atomic E-state index is -3.58. The minimum Gasteiger partial charge on any atom is -0.345 e. The molecule has 0 aliphatic carbocycles. The molecule has 1 amide bonds. The molecule has 0 spiro atoms. The second-order valence-electron chi connectivity index (χ2n) is 7.11. The summed E-state index contributed by atoms with van der Waals surface area (Å²) in [6.07, 6.45) is 4.32. The maximum Gasteiger partial charge on any atom is 0.272 e. The molecule has 6 nitrogen and oxygen atoms in total. The zero-order valence-electron chi connectivity index (χ0n) is 16.2. The Kier molecular flexibility index (Phi) is 5.58. The third-order valence-electron chi connectivity index (χ3n) is 5.13. The first-order valence-electron chi connectivity index (χ1n) is 9.57. The number of benzene rings is 1. The summed E-state index contributed by atoms with van der Waals surface area (Å²) in [5, 5.41) is 4.93. The lowest BCUT2D eigenvalue weighted by Gasteiger charge is -2.25. The summed E-state index contributed by atoms with van der Waals surface area (Å²) in [7, 11) is -1.89. The fourth-order valence-electron chi connectivity index (χ4n) is 3.58. The summed E-state index contributed by atoms with van der Waals surface area (Å²) in [4.78, 5) is 14.2. The normalized spacial score (nSPS) is 15.3. The fraction of sp³-hybridized carbons (Fsp3) is 0.286. The first-order chi connectivity index (χ1) is 14.0. The summed E-state index contributed by atoms with van der Waals surface area (Å²) < 4.78 is 28.9. The van der Waals surface area contributed by atoms with Gasteiger partial charge >= 0.3 is 0 Å². The van der Waals surface area contributed by atoms with Gasteiger partial charge in [-0.2, -0.15) is 4.31 Å². The van der Waals surface area contributed by atoms with Crippen molar-refractivity contribution in [1.82, 2.24) is 8.87 Å². The third kappa shape index (κ3) is 4.01. The Bertz CT molecular complexity index is 1110. The van der Waals surface area contributed by atoms with Crippen LogP contribution in [0.2, 0.25) is 0 Å². The van der Waals surface area contributed by atoms with Gasteiger partial charge in [-0.05, 0) is 36.4 Å². The lowest BCUT2D eigenvalue weighted by Crippen LogP contribution is -2.35. The number of piperidine rings is 1. The number of nitrogens with zero attached hydrogens (tertiary/aromatic N) is 2.